The molecule has 32 heavy (non-hydrogen) atoms. The zero-order valence-electron chi connectivity index (χ0n) is 17.7. The van der Waals surface area contributed by atoms with Crippen LogP contribution in [0.15, 0.2) is 77.6 Å². The molecule has 2 aliphatic rings. The molecular weight excluding hydrogens is 420 g/mol. The van der Waals surface area contributed by atoms with Gasteiger partial charge in [0.1, 0.15) is 11.4 Å². The molecule has 0 bridgehead atoms. The maximum absolute atomic E-state index is 13.7. The third-order valence-electron chi connectivity index (χ3n) is 5.33. The molecule has 1 aliphatic heterocycles. The minimum absolute atomic E-state index is 0.189. The number of para-hydroxylation sites is 1. The van der Waals surface area contributed by atoms with Gasteiger partial charge in [-0.15, -0.1) is 11.3 Å². The minimum atomic E-state index is -0.247. The summed E-state index contributed by atoms with van der Waals surface area (Å²) >= 11 is 1.48. The molecule has 3 aromatic carbocycles. The molecule has 3 aromatic rings. The van der Waals surface area contributed by atoms with Crippen molar-refractivity contribution in [1.29, 1.82) is 0 Å². The first-order chi connectivity index (χ1) is 15.6. The number of aromatic nitrogens is 1. The summed E-state index contributed by atoms with van der Waals surface area (Å²) in [6.45, 7) is 3.94. The second-order valence-corrected chi connectivity index (χ2v) is 8.42. The monoisotopic (exact) mass is 440 g/mol. The van der Waals surface area contributed by atoms with E-state index in [1.54, 1.807) is 30.3 Å². The highest BCUT2D eigenvalue weighted by molar-refractivity contribution is 7.22. The van der Waals surface area contributed by atoms with Crippen molar-refractivity contribution in [2.75, 3.05) is 11.5 Å². The third kappa shape index (κ3) is 3.29. The number of rotatable bonds is 4. The van der Waals surface area contributed by atoms with Crippen LogP contribution in [0.1, 0.15) is 13.8 Å². The summed E-state index contributed by atoms with van der Waals surface area (Å²) in [4.78, 5) is 33.7. The van der Waals surface area contributed by atoms with E-state index in [0.717, 1.165) is 21.3 Å². The fourth-order valence-corrected chi connectivity index (χ4v) is 5.07. The Balaban J connectivity index is 1.86. The second kappa shape index (κ2) is 8.05. The van der Waals surface area contributed by atoms with E-state index in [0.29, 0.717) is 34.0 Å². The number of fused-ring (bicyclic) bond motifs is 4. The fraction of sp³-hybridized carbons (Fsp3) is 0.115. The van der Waals surface area contributed by atoms with Gasteiger partial charge in [-0.3, -0.25) is 14.5 Å². The van der Waals surface area contributed by atoms with E-state index in [1.165, 1.54) is 23.2 Å². The molecule has 0 aromatic heterocycles. The quantitative estimate of drug-likeness (QED) is 0.254. The standard InChI is InChI=1S/C26H20N2O3S/c1-3-31-18-14-12-17(13-15-18)28(16(2)29)24-25(30)20-9-5-4-8-19(20)23-26(24)32-22-11-7-6-10-21(22)27-23/h4-15H,3H2,1-2H3. The Morgan fingerprint density at radius 3 is 2.38 bits per heavy atom. The van der Waals surface area contributed by atoms with Gasteiger partial charge in [-0.25, -0.2) is 4.98 Å². The number of amides is 1. The summed E-state index contributed by atoms with van der Waals surface area (Å²) in [5, 5.41) is 1.33. The first-order valence-corrected chi connectivity index (χ1v) is 11.2. The molecule has 0 radical (unpaired) electrons. The van der Waals surface area contributed by atoms with Crippen molar-refractivity contribution in [1.82, 2.24) is 4.98 Å². The van der Waals surface area contributed by atoms with E-state index in [4.69, 9.17) is 9.72 Å². The molecule has 0 saturated heterocycles. The molecule has 0 N–H and O–H groups in total. The first-order valence-electron chi connectivity index (χ1n) is 10.4. The number of benzene rings is 4. The summed E-state index contributed by atoms with van der Waals surface area (Å²) in [5.74, 6) is 0.462. The predicted molar refractivity (Wildman–Crippen MR) is 130 cm³/mol. The third-order valence-corrected chi connectivity index (χ3v) is 6.48. The zero-order valence-corrected chi connectivity index (χ0v) is 18.5. The van der Waals surface area contributed by atoms with Gasteiger partial charge in [0.15, 0.2) is 0 Å². The fourth-order valence-electron chi connectivity index (χ4n) is 3.96. The zero-order chi connectivity index (χ0) is 22.2. The highest BCUT2D eigenvalue weighted by Gasteiger charge is 2.27. The van der Waals surface area contributed by atoms with Crippen molar-refractivity contribution in [2.45, 2.75) is 13.8 Å². The molecule has 1 heterocycles. The summed E-state index contributed by atoms with van der Waals surface area (Å²) in [6, 6.07) is 22.5. The number of hydrogen-bond acceptors (Lipinski definition) is 5. The van der Waals surface area contributed by atoms with Gasteiger partial charge in [0.25, 0.3) is 0 Å². The number of anilines is 2. The van der Waals surface area contributed by atoms with Crippen LogP contribution in [0.4, 0.5) is 11.4 Å². The van der Waals surface area contributed by atoms with Crippen LogP contribution in [-0.2, 0) is 4.79 Å². The van der Waals surface area contributed by atoms with Crippen molar-refractivity contribution in [2.24, 2.45) is 0 Å². The van der Waals surface area contributed by atoms with Crippen molar-refractivity contribution in [3.8, 4) is 16.3 Å². The Hall–Kier alpha value is -3.77. The molecule has 5 rings (SSSR count). The lowest BCUT2D eigenvalue weighted by atomic mass is 10.0. The van der Waals surface area contributed by atoms with Crippen LogP contribution in [0.3, 0.4) is 0 Å². The SMILES string of the molecule is CCOc1ccc(N(C(C)=O)c2c3sc4ccccc4nc-3c3ccccc3c2=O)cc1. The van der Waals surface area contributed by atoms with Crippen LogP contribution in [0, 0.1) is 0 Å². The molecule has 0 atom stereocenters. The molecular formula is C26H20N2O3S. The lowest BCUT2D eigenvalue weighted by Crippen LogP contribution is -2.29. The number of ether oxygens (including phenoxy) is 1. The largest absolute Gasteiger partial charge is 0.494 e. The Kier molecular flexibility index (Phi) is 5.07. The summed E-state index contributed by atoms with van der Waals surface area (Å²) in [7, 11) is 0. The van der Waals surface area contributed by atoms with Gasteiger partial charge in [-0.1, -0.05) is 36.4 Å². The maximum atomic E-state index is 13.7. The average Bonchev–Trinajstić information content (AvgIpc) is 2.81. The Labute approximate surface area is 188 Å². The average molecular weight is 441 g/mol. The molecule has 1 amide bonds. The van der Waals surface area contributed by atoms with Gasteiger partial charge in [0.05, 0.1) is 27.4 Å². The molecule has 0 fully saturated rings. The van der Waals surface area contributed by atoms with Crippen LogP contribution >= 0.6 is 11.3 Å². The molecule has 6 heteroatoms. The maximum Gasteiger partial charge on any atom is 0.228 e. The van der Waals surface area contributed by atoms with Crippen molar-refractivity contribution in [3.05, 3.63) is 83.0 Å². The van der Waals surface area contributed by atoms with Crippen LogP contribution < -0.4 is 15.1 Å². The van der Waals surface area contributed by atoms with Crippen molar-refractivity contribution in [3.63, 3.8) is 0 Å². The highest BCUT2D eigenvalue weighted by Crippen LogP contribution is 2.42. The van der Waals surface area contributed by atoms with E-state index in [-0.39, 0.29) is 11.3 Å². The highest BCUT2D eigenvalue weighted by atomic mass is 32.1. The smallest absolute Gasteiger partial charge is 0.228 e. The molecule has 0 spiro atoms. The first kappa shape index (κ1) is 20.2. The minimum Gasteiger partial charge on any atom is -0.494 e. The Morgan fingerprint density at radius 2 is 1.66 bits per heavy atom. The molecule has 0 saturated carbocycles. The van der Waals surface area contributed by atoms with E-state index in [1.807, 2.05) is 49.4 Å². The molecule has 0 unspecified atom stereocenters. The lowest BCUT2D eigenvalue weighted by Gasteiger charge is -2.25. The van der Waals surface area contributed by atoms with Gasteiger partial charge in [-0.2, -0.15) is 0 Å². The van der Waals surface area contributed by atoms with Crippen molar-refractivity contribution >= 4 is 49.6 Å². The van der Waals surface area contributed by atoms with E-state index in [9.17, 15) is 9.59 Å². The van der Waals surface area contributed by atoms with Crippen molar-refractivity contribution < 1.29 is 9.53 Å². The molecule has 1 aliphatic carbocycles. The lowest BCUT2D eigenvalue weighted by molar-refractivity contribution is -0.115. The Bertz CT molecular complexity index is 1490. The van der Waals surface area contributed by atoms with Crippen LogP contribution in [-0.4, -0.2) is 17.5 Å². The van der Waals surface area contributed by atoms with Gasteiger partial charge in [-0.05, 0) is 43.3 Å². The van der Waals surface area contributed by atoms with E-state index < -0.39 is 0 Å². The van der Waals surface area contributed by atoms with E-state index >= 15 is 0 Å². The molecule has 158 valence electrons. The topological polar surface area (TPSA) is 59.5 Å². The van der Waals surface area contributed by atoms with Crippen LogP contribution in [0.2, 0.25) is 0 Å². The van der Waals surface area contributed by atoms with Gasteiger partial charge in [0.2, 0.25) is 11.3 Å². The number of carbonyl (C=O) groups is 1. The molecule has 5 nitrogen and oxygen atoms in total. The van der Waals surface area contributed by atoms with Gasteiger partial charge in [0, 0.05) is 23.4 Å². The number of carbonyl (C=O) groups excluding carboxylic acids is 1. The number of hydrogen-bond donors (Lipinski definition) is 0. The summed E-state index contributed by atoms with van der Waals surface area (Å²) in [5.41, 5.74) is 2.32. The van der Waals surface area contributed by atoms with Crippen LogP contribution in [0.5, 0.6) is 5.75 Å². The van der Waals surface area contributed by atoms with E-state index in [2.05, 4.69) is 0 Å². The normalized spacial score (nSPS) is 11.2. The Morgan fingerprint density at radius 1 is 0.969 bits per heavy atom. The van der Waals surface area contributed by atoms with Gasteiger partial charge >= 0.3 is 0 Å². The number of nitrogens with zero attached hydrogens (tertiary/aromatic N) is 2. The summed E-state index contributed by atoms with van der Waals surface area (Å²) < 4.78 is 6.48. The predicted octanol–water partition coefficient (Wildman–Crippen LogP) is 6.00. The van der Waals surface area contributed by atoms with Crippen LogP contribution in [0.25, 0.3) is 31.6 Å². The second-order valence-electron chi connectivity index (χ2n) is 7.36. The summed E-state index contributed by atoms with van der Waals surface area (Å²) in [6.07, 6.45) is 0. The van der Waals surface area contributed by atoms with Gasteiger partial charge < -0.3 is 4.74 Å².